The Balaban J connectivity index is 1.68. The number of morpholine rings is 1. The van der Waals surface area contributed by atoms with Gasteiger partial charge in [-0.15, -0.1) is 0 Å². The van der Waals surface area contributed by atoms with Crippen LogP contribution in [0.15, 0.2) is 34.7 Å². The van der Waals surface area contributed by atoms with Crippen LogP contribution in [0.1, 0.15) is 48.0 Å². The molecule has 1 aromatic carbocycles. The minimum Gasteiger partial charge on any atom is -0.379 e. The number of benzene rings is 1. The lowest BCUT2D eigenvalue weighted by atomic mass is 9.97. The number of aryl methyl sites for hydroxylation is 1. The van der Waals surface area contributed by atoms with E-state index in [0.29, 0.717) is 38.4 Å². The van der Waals surface area contributed by atoms with Crippen molar-refractivity contribution in [2.24, 2.45) is 0 Å². The van der Waals surface area contributed by atoms with Crippen molar-refractivity contribution in [3.63, 3.8) is 0 Å². The molecular formula is C20H28N2O4S. The molecule has 0 atom stereocenters. The summed E-state index contributed by atoms with van der Waals surface area (Å²) in [6, 6.07) is 4.77. The van der Waals surface area contributed by atoms with E-state index < -0.39 is 10.0 Å². The molecule has 148 valence electrons. The van der Waals surface area contributed by atoms with Crippen LogP contribution in [-0.4, -0.2) is 51.5 Å². The molecule has 1 heterocycles. The summed E-state index contributed by atoms with van der Waals surface area (Å²) in [5, 5.41) is 2.94. The Hall–Kier alpha value is -1.70. The normalized spacial score (nSPS) is 18.8. The summed E-state index contributed by atoms with van der Waals surface area (Å²) in [6.45, 7) is 3.87. The number of allylic oxidation sites excluding steroid dienone is 1. The average Bonchev–Trinajstić information content (AvgIpc) is 2.69. The number of hydrogen-bond acceptors (Lipinski definition) is 4. The maximum atomic E-state index is 12.8. The first-order chi connectivity index (χ1) is 13.0. The minimum absolute atomic E-state index is 0.162. The van der Waals surface area contributed by atoms with E-state index in [9.17, 15) is 13.2 Å². The van der Waals surface area contributed by atoms with Crippen molar-refractivity contribution < 1.29 is 17.9 Å². The van der Waals surface area contributed by atoms with Crippen LogP contribution in [0.4, 0.5) is 0 Å². The Kier molecular flexibility index (Phi) is 6.68. The van der Waals surface area contributed by atoms with Gasteiger partial charge in [-0.1, -0.05) is 17.7 Å². The Morgan fingerprint density at radius 2 is 2.00 bits per heavy atom. The number of carbonyl (C=O) groups excluding carboxylic acids is 1. The highest BCUT2D eigenvalue weighted by molar-refractivity contribution is 7.89. The van der Waals surface area contributed by atoms with Crippen molar-refractivity contribution >= 4 is 15.9 Å². The van der Waals surface area contributed by atoms with Gasteiger partial charge in [0, 0.05) is 25.2 Å². The highest BCUT2D eigenvalue weighted by atomic mass is 32.2. The molecule has 7 heteroatoms. The fraction of sp³-hybridized carbons (Fsp3) is 0.550. The number of sulfonamides is 1. The SMILES string of the molecule is Cc1ccc(S(=O)(=O)N2CCOCC2)cc1C(=O)NCCC1=CCCCC1. The van der Waals surface area contributed by atoms with Gasteiger partial charge in [0.15, 0.2) is 0 Å². The highest BCUT2D eigenvalue weighted by Gasteiger charge is 2.27. The van der Waals surface area contributed by atoms with E-state index in [1.54, 1.807) is 12.1 Å². The summed E-state index contributed by atoms with van der Waals surface area (Å²) in [7, 11) is -3.61. The lowest BCUT2D eigenvalue weighted by molar-refractivity contribution is 0.0730. The van der Waals surface area contributed by atoms with Crippen molar-refractivity contribution in [2.45, 2.75) is 43.9 Å². The molecule has 1 amide bonds. The highest BCUT2D eigenvalue weighted by Crippen LogP contribution is 2.21. The van der Waals surface area contributed by atoms with Crippen LogP contribution in [0.25, 0.3) is 0 Å². The number of nitrogens with one attached hydrogen (secondary N) is 1. The summed E-state index contributed by atoms with van der Waals surface area (Å²) >= 11 is 0. The molecule has 0 radical (unpaired) electrons. The van der Waals surface area contributed by atoms with Crippen LogP contribution >= 0.6 is 0 Å². The third-order valence-electron chi connectivity index (χ3n) is 5.18. The predicted octanol–water partition coefficient (Wildman–Crippen LogP) is 2.64. The van der Waals surface area contributed by atoms with Gasteiger partial charge in [-0.3, -0.25) is 4.79 Å². The number of hydrogen-bond donors (Lipinski definition) is 1. The van der Waals surface area contributed by atoms with Gasteiger partial charge in [0.05, 0.1) is 18.1 Å². The third kappa shape index (κ3) is 4.97. The Morgan fingerprint density at radius 3 is 2.70 bits per heavy atom. The molecule has 0 spiro atoms. The summed E-state index contributed by atoms with van der Waals surface area (Å²) < 4.78 is 32.3. The summed E-state index contributed by atoms with van der Waals surface area (Å²) in [6.07, 6.45) is 7.85. The van der Waals surface area contributed by atoms with Crippen molar-refractivity contribution in [3.8, 4) is 0 Å². The lowest BCUT2D eigenvalue weighted by Crippen LogP contribution is -2.40. The van der Waals surface area contributed by atoms with Crippen molar-refractivity contribution in [2.75, 3.05) is 32.8 Å². The molecule has 0 aromatic heterocycles. The largest absolute Gasteiger partial charge is 0.379 e. The zero-order valence-electron chi connectivity index (χ0n) is 15.9. The summed E-state index contributed by atoms with van der Waals surface area (Å²) in [5.41, 5.74) is 2.59. The van der Waals surface area contributed by atoms with Crippen molar-refractivity contribution in [1.82, 2.24) is 9.62 Å². The van der Waals surface area contributed by atoms with Crippen LogP contribution < -0.4 is 5.32 Å². The molecule has 1 aromatic rings. The molecule has 3 rings (SSSR count). The Labute approximate surface area is 161 Å². The second kappa shape index (κ2) is 8.99. The van der Waals surface area contributed by atoms with E-state index >= 15 is 0 Å². The van der Waals surface area contributed by atoms with Gasteiger partial charge in [0.2, 0.25) is 10.0 Å². The first-order valence-corrected chi connectivity index (χ1v) is 11.1. The van der Waals surface area contributed by atoms with E-state index in [1.807, 2.05) is 6.92 Å². The van der Waals surface area contributed by atoms with Gasteiger partial charge in [-0.2, -0.15) is 4.31 Å². The number of nitrogens with zero attached hydrogens (tertiary/aromatic N) is 1. The van der Waals surface area contributed by atoms with Crippen molar-refractivity contribution in [3.05, 3.63) is 41.0 Å². The van der Waals surface area contributed by atoms with E-state index in [2.05, 4.69) is 11.4 Å². The van der Waals surface area contributed by atoms with E-state index in [4.69, 9.17) is 4.74 Å². The fourth-order valence-electron chi connectivity index (χ4n) is 3.51. The summed E-state index contributed by atoms with van der Waals surface area (Å²) in [5.74, 6) is -0.220. The Bertz CT molecular complexity index is 811. The maximum Gasteiger partial charge on any atom is 0.251 e. The molecule has 1 saturated heterocycles. The third-order valence-corrected chi connectivity index (χ3v) is 7.07. The molecule has 2 aliphatic rings. The zero-order valence-corrected chi connectivity index (χ0v) is 16.7. The molecular weight excluding hydrogens is 364 g/mol. The zero-order chi connectivity index (χ0) is 19.3. The quantitative estimate of drug-likeness (QED) is 0.755. The molecule has 27 heavy (non-hydrogen) atoms. The molecule has 6 nitrogen and oxygen atoms in total. The van der Waals surface area contributed by atoms with Gasteiger partial charge in [-0.05, 0) is 56.7 Å². The topological polar surface area (TPSA) is 75.7 Å². The molecule has 1 fully saturated rings. The molecule has 0 bridgehead atoms. The predicted molar refractivity (Wildman–Crippen MR) is 104 cm³/mol. The Morgan fingerprint density at radius 1 is 1.22 bits per heavy atom. The number of ether oxygens (including phenoxy) is 1. The second-order valence-electron chi connectivity index (χ2n) is 7.11. The second-order valence-corrected chi connectivity index (χ2v) is 9.05. The van der Waals surface area contributed by atoms with Gasteiger partial charge in [-0.25, -0.2) is 8.42 Å². The molecule has 1 aliphatic heterocycles. The van der Waals surface area contributed by atoms with Crippen LogP contribution in [0.5, 0.6) is 0 Å². The van der Waals surface area contributed by atoms with Crippen LogP contribution in [-0.2, 0) is 14.8 Å². The maximum absolute atomic E-state index is 12.8. The van der Waals surface area contributed by atoms with E-state index in [0.717, 1.165) is 24.8 Å². The average molecular weight is 393 g/mol. The van der Waals surface area contributed by atoms with Crippen LogP contribution in [0, 0.1) is 6.92 Å². The standard InChI is InChI=1S/C20H28N2O4S/c1-16-7-8-18(27(24,25)22-11-13-26-14-12-22)15-19(16)20(23)21-10-9-17-5-3-2-4-6-17/h5,7-8,15H,2-4,6,9-14H2,1H3,(H,21,23). The number of carbonyl (C=O) groups is 1. The van der Waals surface area contributed by atoms with Crippen molar-refractivity contribution in [1.29, 1.82) is 0 Å². The fourth-order valence-corrected chi connectivity index (χ4v) is 4.94. The van der Waals surface area contributed by atoms with Crippen LogP contribution in [0.2, 0.25) is 0 Å². The minimum atomic E-state index is -3.61. The number of amides is 1. The molecule has 0 saturated carbocycles. The van der Waals surface area contributed by atoms with E-state index in [-0.39, 0.29) is 10.8 Å². The first-order valence-electron chi connectivity index (χ1n) is 9.63. The number of rotatable bonds is 6. The first kappa shape index (κ1) is 20.0. The smallest absolute Gasteiger partial charge is 0.251 e. The van der Waals surface area contributed by atoms with Gasteiger partial charge in [0.25, 0.3) is 5.91 Å². The molecule has 0 unspecified atom stereocenters. The summed E-state index contributed by atoms with van der Waals surface area (Å²) in [4.78, 5) is 12.8. The van der Waals surface area contributed by atoms with Gasteiger partial charge < -0.3 is 10.1 Å². The van der Waals surface area contributed by atoms with Crippen LogP contribution in [0.3, 0.4) is 0 Å². The lowest BCUT2D eigenvalue weighted by Gasteiger charge is -2.26. The molecule has 1 aliphatic carbocycles. The van der Waals surface area contributed by atoms with Gasteiger partial charge >= 0.3 is 0 Å². The van der Waals surface area contributed by atoms with E-state index in [1.165, 1.54) is 28.8 Å². The monoisotopic (exact) mass is 392 g/mol. The molecule has 1 N–H and O–H groups in total. The van der Waals surface area contributed by atoms with Gasteiger partial charge in [0.1, 0.15) is 0 Å².